The molecule has 0 saturated carbocycles. The Morgan fingerprint density at radius 1 is 1.71 bits per heavy atom. The van der Waals surface area contributed by atoms with Gasteiger partial charge in [-0.2, -0.15) is 12.6 Å². The Labute approximate surface area is 48.3 Å². The van der Waals surface area contributed by atoms with E-state index in [9.17, 15) is 4.79 Å². The zero-order chi connectivity index (χ0) is 5.54. The molecule has 0 fully saturated rings. The molecule has 0 rings (SSSR count). The average molecular weight is 120 g/mol. The molecule has 42 valence electrons. The second-order valence-electron chi connectivity index (χ2n) is 1.04. The van der Waals surface area contributed by atoms with Gasteiger partial charge in [0.25, 0.3) is 6.47 Å². The average Bonchev–Trinajstić information content (AvgIpc) is 1.69. The van der Waals surface area contributed by atoms with Gasteiger partial charge in [-0.05, 0) is 12.2 Å². The Bertz CT molecular complexity index is 47.0. The smallest absolute Gasteiger partial charge is 0.293 e. The van der Waals surface area contributed by atoms with Crippen molar-refractivity contribution in [2.75, 3.05) is 12.4 Å². The summed E-state index contributed by atoms with van der Waals surface area (Å²) in [6.07, 6.45) is 0.835. The van der Waals surface area contributed by atoms with Gasteiger partial charge in [0, 0.05) is 0 Å². The van der Waals surface area contributed by atoms with Crippen LogP contribution in [0.2, 0.25) is 0 Å². The summed E-state index contributed by atoms with van der Waals surface area (Å²) >= 11 is 3.90. The molecule has 0 aliphatic carbocycles. The molecule has 0 unspecified atom stereocenters. The molecule has 0 aromatic heterocycles. The largest absolute Gasteiger partial charge is 0.468 e. The highest BCUT2D eigenvalue weighted by atomic mass is 32.1. The maximum Gasteiger partial charge on any atom is 0.293 e. The summed E-state index contributed by atoms with van der Waals surface area (Å²) in [5, 5.41) is 0. The Hall–Kier alpha value is -0.180. The lowest BCUT2D eigenvalue weighted by molar-refractivity contribution is -0.128. The fourth-order valence-corrected chi connectivity index (χ4v) is 0.325. The van der Waals surface area contributed by atoms with Gasteiger partial charge in [-0.15, -0.1) is 0 Å². The third kappa shape index (κ3) is 5.82. The molecule has 0 radical (unpaired) electrons. The molecule has 3 heteroatoms. The molecule has 0 aromatic rings. The molecule has 0 bridgehead atoms. The van der Waals surface area contributed by atoms with Gasteiger partial charge < -0.3 is 4.74 Å². The first-order chi connectivity index (χ1) is 3.41. The quantitative estimate of drug-likeness (QED) is 0.332. The van der Waals surface area contributed by atoms with E-state index in [0.29, 0.717) is 13.1 Å². The summed E-state index contributed by atoms with van der Waals surface area (Å²) in [5.41, 5.74) is 0. The first-order valence-corrected chi connectivity index (χ1v) is 2.71. The summed E-state index contributed by atoms with van der Waals surface area (Å²) in [7, 11) is 0. The first kappa shape index (κ1) is 6.82. The topological polar surface area (TPSA) is 26.3 Å². The number of thiol groups is 1. The van der Waals surface area contributed by atoms with Crippen LogP contribution in [0.4, 0.5) is 0 Å². The zero-order valence-corrected chi connectivity index (χ0v) is 4.86. The van der Waals surface area contributed by atoms with Crippen LogP contribution in [-0.4, -0.2) is 18.8 Å². The van der Waals surface area contributed by atoms with E-state index in [1.165, 1.54) is 0 Å². The zero-order valence-electron chi connectivity index (χ0n) is 3.96. The monoisotopic (exact) mass is 120 g/mol. The molecule has 0 spiro atoms. The van der Waals surface area contributed by atoms with Crippen LogP contribution in [0.25, 0.3) is 0 Å². The predicted molar refractivity (Wildman–Crippen MR) is 30.5 cm³/mol. The van der Waals surface area contributed by atoms with E-state index in [0.717, 1.165) is 12.2 Å². The van der Waals surface area contributed by atoms with Gasteiger partial charge in [-0.25, -0.2) is 0 Å². The molecular formula is C4H8O2S. The highest BCUT2D eigenvalue weighted by Crippen LogP contribution is 1.81. The molecule has 0 aliphatic heterocycles. The lowest BCUT2D eigenvalue weighted by atomic mass is 10.5. The van der Waals surface area contributed by atoms with Gasteiger partial charge >= 0.3 is 0 Å². The Morgan fingerprint density at radius 3 is 2.86 bits per heavy atom. The third-order valence-electron chi connectivity index (χ3n) is 0.488. The summed E-state index contributed by atoms with van der Waals surface area (Å²) in [5.74, 6) is 0.772. The maximum atomic E-state index is 9.43. The van der Waals surface area contributed by atoms with Crippen molar-refractivity contribution in [2.45, 2.75) is 6.42 Å². The predicted octanol–water partition coefficient (Wildman–Crippen LogP) is 0.479. The third-order valence-corrected chi connectivity index (χ3v) is 0.805. The van der Waals surface area contributed by atoms with E-state index in [1.54, 1.807) is 0 Å². The molecule has 0 heterocycles. The van der Waals surface area contributed by atoms with Crippen LogP contribution in [0.1, 0.15) is 6.42 Å². The van der Waals surface area contributed by atoms with Crippen LogP contribution in [0.3, 0.4) is 0 Å². The van der Waals surface area contributed by atoms with Crippen molar-refractivity contribution >= 4 is 19.1 Å². The molecule has 0 aromatic carbocycles. The van der Waals surface area contributed by atoms with Crippen molar-refractivity contribution in [2.24, 2.45) is 0 Å². The minimum Gasteiger partial charge on any atom is -0.468 e. The molecular weight excluding hydrogens is 112 g/mol. The normalized spacial score (nSPS) is 8.14. The summed E-state index contributed by atoms with van der Waals surface area (Å²) in [6, 6.07) is 0. The number of carbonyl (C=O) groups is 1. The van der Waals surface area contributed by atoms with Gasteiger partial charge in [0.15, 0.2) is 0 Å². The Kier molecular flexibility index (Phi) is 5.67. The fourth-order valence-electron chi connectivity index (χ4n) is 0.196. The molecule has 0 aliphatic rings. The van der Waals surface area contributed by atoms with Crippen LogP contribution in [0, 0.1) is 0 Å². The van der Waals surface area contributed by atoms with Crippen LogP contribution in [-0.2, 0) is 9.53 Å². The van der Waals surface area contributed by atoms with E-state index in [-0.39, 0.29) is 0 Å². The molecule has 0 saturated heterocycles. The van der Waals surface area contributed by atoms with Crippen LogP contribution in [0.15, 0.2) is 0 Å². The number of hydrogen-bond donors (Lipinski definition) is 1. The van der Waals surface area contributed by atoms with Crippen molar-refractivity contribution in [3.63, 3.8) is 0 Å². The van der Waals surface area contributed by atoms with Crippen molar-refractivity contribution < 1.29 is 9.53 Å². The van der Waals surface area contributed by atoms with E-state index in [4.69, 9.17) is 0 Å². The van der Waals surface area contributed by atoms with E-state index in [1.807, 2.05) is 0 Å². The fraction of sp³-hybridized carbons (Fsp3) is 0.750. The number of ether oxygens (including phenoxy) is 1. The molecule has 0 amide bonds. The van der Waals surface area contributed by atoms with E-state index >= 15 is 0 Å². The SMILES string of the molecule is O=COCCCS. The Balaban J connectivity index is 2.56. The highest BCUT2D eigenvalue weighted by molar-refractivity contribution is 7.80. The van der Waals surface area contributed by atoms with Crippen molar-refractivity contribution in [3.05, 3.63) is 0 Å². The van der Waals surface area contributed by atoms with Crippen LogP contribution in [0.5, 0.6) is 0 Å². The van der Waals surface area contributed by atoms with Crippen molar-refractivity contribution in [1.82, 2.24) is 0 Å². The number of carbonyl (C=O) groups excluding carboxylic acids is 1. The maximum absolute atomic E-state index is 9.43. The Morgan fingerprint density at radius 2 is 2.43 bits per heavy atom. The van der Waals surface area contributed by atoms with E-state index in [2.05, 4.69) is 17.4 Å². The van der Waals surface area contributed by atoms with E-state index < -0.39 is 0 Å². The van der Waals surface area contributed by atoms with Crippen molar-refractivity contribution in [1.29, 1.82) is 0 Å². The minimum absolute atomic E-state index is 0.448. The second-order valence-corrected chi connectivity index (χ2v) is 1.49. The molecule has 2 nitrogen and oxygen atoms in total. The van der Waals surface area contributed by atoms with Gasteiger partial charge in [-0.3, -0.25) is 4.79 Å². The van der Waals surface area contributed by atoms with Gasteiger partial charge in [0.05, 0.1) is 6.61 Å². The number of hydrogen-bond acceptors (Lipinski definition) is 3. The summed E-state index contributed by atoms with van der Waals surface area (Å²) < 4.78 is 4.34. The lowest BCUT2D eigenvalue weighted by Gasteiger charge is -1.90. The molecule has 0 atom stereocenters. The summed E-state index contributed by atoms with van der Waals surface area (Å²) in [4.78, 5) is 9.43. The minimum atomic E-state index is 0.448. The highest BCUT2D eigenvalue weighted by Gasteiger charge is 1.78. The lowest BCUT2D eigenvalue weighted by Crippen LogP contribution is -1.90. The summed E-state index contributed by atoms with van der Waals surface area (Å²) in [6.45, 7) is 0.941. The molecule has 0 N–H and O–H groups in total. The van der Waals surface area contributed by atoms with Crippen LogP contribution < -0.4 is 0 Å². The van der Waals surface area contributed by atoms with Gasteiger partial charge in [0.1, 0.15) is 0 Å². The second kappa shape index (κ2) is 5.82. The number of rotatable bonds is 4. The van der Waals surface area contributed by atoms with Crippen LogP contribution >= 0.6 is 12.6 Å². The molecule has 7 heavy (non-hydrogen) atoms. The van der Waals surface area contributed by atoms with Crippen molar-refractivity contribution in [3.8, 4) is 0 Å². The van der Waals surface area contributed by atoms with Gasteiger partial charge in [-0.1, -0.05) is 0 Å². The standard InChI is InChI=1S/C4H8O2S/c5-4-6-2-1-3-7/h4,7H,1-3H2. The first-order valence-electron chi connectivity index (χ1n) is 2.08. The van der Waals surface area contributed by atoms with Gasteiger partial charge in [0.2, 0.25) is 0 Å².